The fourth-order valence-corrected chi connectivity index (χ4v) is 5.02. The van der Waals surface area contributed by atoms with Crippen LogP contribution in [0.25, 0.3) is 6.08 Å². The minimum Gasteiger partial charge on any atom is -0.508 e. The number of fused-ring (bicyclic) bond motifs is 1. The van der Waals surface area contributed by atoms with Gasteiger partial charge in [0.15, 0.2) is 5.54 Å². The van der Waals surface area contributed by atoms with E-state index >= 15 is 8.78 Å². The van der Waals surface area contributed by atoms with Crippen LogP contribution in [0, 0.1) is 5.92 Å². The van der Waals surface area contributed by atoms with E-state index in [2.05, 4.69) is 13.8 Å². The molecule has 4 nitrogen and oxygen atoms in total. The summed E-state index contributed by atoms with van der Waals surface area (Å²) < 4.78 is 30.8. The first-order valence-corrected chi connectivity index (χ1v) is 11.7. The SMILES string of the molecule is CC(C)Cc1ccc(N2CCc3cc(O)ccc3[C@]2(c2ccc(/C=C/C(=O)O)cc2)C(F)F)cc1. The lowest BCUT2D eigenvalue weighted by Crippen LogP contribution is -2.56. The highest BCUT2D eigenvalue weighted by molar-refractivity contribution is 5.85. The average Bonchev–Trinajstić information content (AvgIpc) is 2.82. The number of benzene rings is 3. The molecule has 35 heavy (non-hydrogen) atoms. The molecule has 6 heteroatoms. The van der Waals surface area contributed by atoms with Gasteiger partial charge in [0, 0.05) is 18.3 Å². The van der Waals surface area contributed by atoms with E-state index in [1.54, 1.807) is 41.3 Å². The summed E-state index contributed by atoms with van der Waals surface area (Å²) in [5.41, 5.74) is 2.24. The van der Waals surface area contributed by atoms with Gasteiger partial charge < -0.3 is 15.1 Å². The van der Waals surface area contributed by atoms with Crippen molar-refractivity contribution in [3.05, 3.63) is 101 Å². The lowest BCUT2D eigenvalue weighted by atomic mass is 9.75. The molecule has 0 aliphatic carbocycles. The number of alkyl halides is 2. The molecule has 0 fully saturated rings. The van der Waals surface area contributed by atoms with Gasteiger partial charge in [-0.15, -0.1) is 0 Å². The molecule has 4 rings (SSSR count). The van der Waals surface area contributed by atoms with Crippen LogP contribution in [0.2, 0.25) is 0 Å². The average molecular weight is 478 g/mol. The quantitative estimate of drug-likeness (QED) is 0.394. The Morgan fingerprint density at radius 2 is 1.74 bits per heavy atom. The topological polar surface area (TPSA) is 60.8 Å². The van der Waals surface area contributed by atoms with E-state index in [4.69, 9.17) is 5.11 Å². The Morgan fingerprint density at radius 3 is 2.34 bits per heavy atom. The highest BCUT2D eigenvalue weighted by atomic mass is 19.3. The van der Waals surface area contributed by atoms with Crippen LogP contribution in [0.15, 0.2) is 72.8 Å². The molecule has 0 bridgehead atoms. The number of phenolic OH excluding ortho intramolecular Hbond substituents is 1. The predicted octanol–water partition coefficient (Wildman–Crippen LogP) is 6.26. The number of hydrogen-bond donors (Lipinski definition) is 2. The van der Waals surface area contributed by atoms with Crippen molar-refractivity contribution in [2.75, 3.05) is 11.4 Å². The van der Waals surface area contributed by atoms with E-state index in [-0.39, 0.29) is 5.75 Å². The second-order valence-corrected chi connectivity index (χ2v) is 9.37. The van der Waals surface area contributed by atoms with Crippen molar-refractivity contribution in [2.24, 2.45) is 5.92 Å². The first kappa shape index (κ1) is 24.5. The Balaban J connectivity index is 1.87. The van der Waals surface area contributed by atoms with Crippen LogP contribution in [0.5, 0.6) is 5.75 Å². The maximum Gasteiger partial charge on any atom is 0.328 e. The zero-order valence-electron chi connectivity index (χ0n) is 19.8. The molecule has 0 saturated carbocycles. The number of halogens is 2. The van der Waals surface area contributed by atoms with E-state index in [9.17, 15) is 9.90 Å². The van der Waals surface area contributed by atoms with Gasteiger partial charge in [-0.05, 0) is 76.9 Å². The Hall–Kier alpha value is -3.67. The molecule has 0 aromatic heterocycles. The minimum absolute atomic E-state index is 0.0487. The summed E-state index contributed by atoms with van der Waals surface area (Å²) in [6.07, 6.45) is 1.10. The number of anilines is 1. The maximum absolute atomic E-state index is 15.4. The van der Waals surface area contributed by atoms with Crippen molar-refractivity contribution in [3.8, 4) is 5.75 Å². The summed E-state index contributed by atoms with van der Waals surface area (Å²) in [4.78, 5) is 12.6. The number of phenols is 1. The lowest BCUT2D eigenvalue weighted by Gasteiger charge is -2.49. The van der Waals surface area contributed by atoms with Crippen molar-refractivity contribution in [1.29, 1.82) is 0 Å². The molecule has 3 aromatic carbocycles. The van der Waals surface area contributed by atoms with Crippen LogP contribution in [-0.4, -0.2) is 29.2 Å². The van der Waals surface area contributed by atoms with Crippen molar-refractivity contribution >= 4 is 17.7 Å². The highest BCUT2D eigenvalue weighted by Gasteiger charge is 2.51. The van der Waals surface area contributed by atoms with Crippen molar-refractivity contribution < 1.29 is 23.8 Å². The highest BCUT2D eigenvalue weighted by Crippen LogP contribution is 2.48. The Bertz CT molecular complexity index is 1220. The summed E-state index contributed by atoms with van der Waals surface area (Å²) in [6, 6.07) is 19.0. The fourth-order valence-electron chi connectivity index (χ4n) is 5.02. The molecule has 3 aromatic rings. The van der Waals surface area contributed by atoms with Crippen LogP contribution in [-0.2, 0) is 23.2 Å². The molecule has 0 radical (unpaired) electrons. The van der Waals surface area contributed by atoms with E-state index < -0.39 is 17.9 Å². The normalized spacial score (nSPS) is 17.8. The summed E-state index contributed by atoms with van der Waals surface area (Å²) in [7, 11) is 0. The maximum atomic E-state index is 15.4. The van der Waals surface area contributed by atoms with Crippen molar-refractivity contribution in [3.63, 3.8) is 0 Å². The minimum atomic E-state index is -2.78. The number of aliphatic carboxylic acids is 1. The third-order valence-corrected chi connectivity index (χ3v) is 6.51. The van der Waals surface area contributed by atoms with Crippen LogP contribution in [0.4, 0.5) is 14.5 Å². The fraction of sp³-hybridized carbons (Fsp3) is 0.276. The van der Waals surface area contributed by atoms with Crippen LogP contribution >= 0.6 is 0 Å². The number of nitrogens with zero attached hydrogens (tertiary/aromatic N) is 1. The van der Waals surface area contributed by atoms with Gasteiger partial charge in [0.05, 0.1) is 0 Å². The number of carboxylic acid groups (broad SMARTS) is 1. The largest absolute Gasteiger partial charge is 0.508 e. The molecular formula is C29H29F2NO3. The van der Waals surface area contributed by atoms with Crippen LogP contribution in [0.1, 0.15) is 41.7 Å². The summed E-state index contributed by atoms with van der Waals surface area (Å²) >= 11 is 0. The monoisotopic (exact) mass is 477 g/mol. The van der Waals surface area contributed by atoms with Gasteiger partial charge in [-0.1, -0.05) is 56.3 Å². The molecule has 0 amide bonds. The predicted molar refractivity (Wildman–Crippen MR) is 134 cm³/mol. The number of carboxylic acids is 1. The molecule has 0 unspecified atom stereocenters. The number of carbonyl (C=O) groups is 1. The van der Waals surface area contributed by atoms with Crippen molar-refractivity contribution in [1.82, 2.24) is 0 Å². The Labute approximate surface area is 204 Å². The molecule has 0 spiro atoms. The Morgan fingerprint density at radius 1 is 1.06 bits per heavy atom. The van der Waals surface area contributed by atoms with Crippen LogP contribution < -0.4 is 4.90 Å². The van der Waals surface area contributed by atoms with Gasteiger partial charge in [0.1, 0.15) is 5.75 Å². The first-order chi connectivity index (χ1) is 16.7. The Kier molecular flexibility index (Phi) is 6.92. The standard InChI is InChI=1S/C29H29F2NO3/c1-19(2)17-21-5-10-24(11-6-21)32-16-15-22-18-25(33)12-13-26(22)29(32,28(30)31)23-8-3-20(4-9-23)7-14-27(34)35/h3-14,18-19,28,33H,15-17H2,1-2H3,(H,34,35)/b14-7+/t29-/m1/s1. The van der Waals surface area contributed by atoms with Gasteiger partial charge in [0.25, 0.3) is 6.43 Å². The summed E-state index contributed by atoms with van der Waals surface area (Å²) in [5, 5.41) is 18.9. The van der Waals surface area contributed by atoms with Gasteiger partial charge >= 0.3 is 5.97 Å². The second-order valence-electron chi connectivity index (χ2n) is 9.37. The van der Waals surface area contributed by atoms with Gasteiger partial charge in [-0.3, -0.25) is 0 Å². The summed E-state index contributed by atoms with van der Waals surface area (Å²) in [6.45, 7) is 4.63. The first-order valence-electron chi connectivity index (χ1n) is 11.7. The van der Waals surface area contributed by atoms with E-state index in [0.717, 1.165) is 18.1 Å². The van der Waals surface area contributed by atoms with E-state index in [1.165, 1.54) is 12.1 Å². The van der Waals surface area contributed by atoms with E-state index in [1.807, 2.05) is 24.3 Å². The van der Waals surface area contributed by atoms with Gasteiger partial charge in [-0.25, -0.2) is 13.6 Å². The number of aromatic hydroxyl groups is 1. The molecule has 1 aliphatic heterocycles. The molecule has 0 saturated heterocycles. The number of hydrogen-bond acceptors (Lipinski definition) is 3. The molecule has 1 aliphatic rings. The smallest absolute Gasteiger partial charge is 0.328 e. The number of rotatable bonds is 7. The zero-order valence-corrected chi connectivity index (χ0v) is 19.8. The zero-order chi connectivity index (χ0) is 25.2. The molecule has 182 valence electrons. The molecule has 1 atom stereocenters. The molecular weight excluding hydrogens is 448 g/mol. The molecule has 1 heterocycles. The van der Waals surface area contributed by atoms with Crippen LogP contribution in [0.3, 0.4) is 0 Å². The van der Waals surface area contributed by atoms with Crippen molar-refractivity contribution in [2.45, 2.75) is 38.7 Å². The third-order valence-electron chi connectivity index (χ3n) is 6.51. The molecule has 2 N–H and O–H groups in total. The van der Waals surface area contributed by atoms with Gasteiger partial charge in [0.2, 0.25) is 0 Å². The van der Waals surface area contributed by atoms with E-state index in [0.29, 0.717) is 46.8 Å². The summed E-state index contributed by atoms with van der Waals surface area (Å²) in [5.74, 6) is -0.539. The van der Waals surface area contributed by atoms with Gasteiger partial charge in [-0.2, -0.15) is 0 Å². The lowest BCUT2D eigenvalue weighted by molar-refractivity contribution is -0.131. The second kappa shape index (κ2) is 9.90. The third kappa shape index (κ3) is 4.78.